The second-order valence-corrected chi connectivity index (χ2v) is 7.31. The van der Waals surface area contributed by atoms with Crippen LogP contribution in [-0.4, -0.2) is 29.3 Å². The molecule has 1 amide bonds. The highest BCUT2D eigenvalue weighted by atomic mass is 32.2. The van der Waals surface area contributed by atoms with E-state index in [2.05, 4.69) is 10.3 Å². The number of nitrogens with zero attached hydrogens (tertiary/aromatic N) is 3. The molecule has 0 saturated heterocycles. The van der Waals surface area contributed by atoms with Crippen LogP contribution < -0.4 is 4.72 Å². The van der Waals surface area contributed by atoms with Crippen LogP contribution in [0.2, 0.25) is 0 Å². The molecule has 0 bridgehead atoms. The summed E-state index contributed by atoms with van der Waals surface area (Å²) in [4.78, 5) is 11.2. The van der Waals surface area contributed by atoms with Crippen molar-refractivity contribution in [3.05, 3.63) is 71.3 Å². The van der Waals surface area contributed by atoms with Crippen molar-refractivity contribution in [1.82, 2.24) is 19.7 Å². The van der Waals surface area contributed by atoms with Gasteiger partial charge >= 0.3 is 6.18 Å². The van der Waals surface area contributed by atoms with Gasteiger partial charge in [0.2, 0.25) is 0 Å². The Morgan fingerprint density at radius 2 is 1.67 bits per heavy atom. The Hall–Kier alpha value is -3.42. The summed E-state index contributed by atoms with van der Waals surface area (Å²) in [6.07, 6.45) is -5.35. The maximum atomic E-state index is 13.9. The number of rotatable bonds is 4. The Bertz CT molecular complexity index is 1240. The minimum atomic E-state index is -5.35. The molecule has 0 radical (unpaired) electrons. The molecule has 0 atom stereocenters. The van der Waals surface area contributed by atoms with Gasteiger partial charge in [-0.3, -0.25) is 4.79 Å². The van der Waals surface area contributed by atoms with E-state index in [1.54, 1.807) is 0 Å². The Balaban J connectivity index is 2.07. The van der Waals surface area contributed by atoms with E-state index in [1.165, 1.54) is 4.72 Å². The van der Waals surface area contributed by atoms with Crippen LogP contribution in [0.25, 0.3) is 5.69 Å². The Morgan fingerprint density at radius 3 is 2.27 bits per heavy atom. The summed E-state index contributed by atoms with van der Waals surface area (Å²) >= 11 is 0. The van der Waals surface area contributed by atoms with Crippen LogP contribution in [0.3, 0.4) is 0 Å². The van der Waals surface area contributed by atoms with Crippen LogP contribution >= 0.6 is 0 Å². The van der Waals surface area contributed by atoms with Gasteiger partial charge in [0.25, 0.3) is 15.9 Å². The quantitative estimate of drug-likeness (QED) is 0.617. The molecule has 0 aliphatic heterocycles. The molecule has 158 valence electrons. The van der Waals surface area contributed by atoms with Crippen molar-refractivity contribution in [1.29, 1.82) is 0 Å². The predicted molar refractivity (Wildman–Crippen MR) is 87.3 cm³/mol. The topological polar surface area (TPSA) is 93.9 Å². The normalized spacial score (nSPS) is 12.1. The first kappa shape index (κ1) is 21.3. The van der Waals surface area contributed by atoms with E-state index in [1.807, 2.05) is 0 Å². The number of aromatic nitrogens is 3. The van der Waals surface area contributed by atoms with E-state index in [0.717, 1.165) is 24.3 Å². The SMILES string of the molecule is O=C(NS(=O)(=O)c1ccccc1F)c1nnn(-c2ccc(F)cc2F)c1C(F)(F)F. The summed E-state index contributed by atoms with van der Waals surface area (Å²) in [6.45, 7) is 0. The predicted octanol–water partition coefficient (Wildman–Crippen LogP) is 2.82. The molecule has 0 aliphatic carbocycles. The lowest BCUT2D eigenvalue weighted by molar-refractivity contribution is -0.143. The van der Waals surface area contributed by atoms with Gasteiger partial charge in [-0.15, -0.1) is 5.10 Å². The molecule has 0 unspecified atom stereocenters. The number of nitrogens with one attached hydrogen (secondary N) is 1. The second-order valence-electron chi connectivity index (χ2n) is 5.66. The fourth-order valence-electron chi connectivity index (χ4n) is 2.40. The van der Waals surface area contributed by atoms with Crippen molar-refractivity contribution < 1.29 is 39.6 Å². The molecule has 1 N–H and O–H groups in total. The van der Waals surface area contributed by atoms with Crippen LogP contribution in [0.15, 0.2) is 47.4 Å². The molecular formula is C16H8F6N4O3S. The molecule has 30 heavy (non-hydrogen) atoms. The van der Waals surface area contributed by atoms with E-state index in [4.69, 9.17) is 0 Å². The van der Waals surface area contributed by atoms with Crippen molar-refractivity contribution in [2.75, 3.05) is 0 Å². The molecular weight excluding hydrogens is 442 g/mol. The molecule has 0 spiro atoms. The third-order valence-corrected chi connectivity index (χ3v) is 5.01. The highest BCUT2D eigenvalue weighted by Gasteiger charge is 2.43. The van der Waals surface area contributed by atoms with Crippen LogP contribution in [0.5, 0.6) is 0 Å². The van der Waals surface area contributed by atoms with Gasteiger partial charge in [0, 0.05) is 6.07 Å². The Kier molecular flexibility index (Phi) is 5.28. The van der Waals surface area contributed by atoms with Crippen molar-refractivity contribution in [3.63, 3.8) is 0 Å². The molecule has 1 aromatic heterocycles. The average molecular weight is 450 g/mol. The van der Waals surface area contributed by atoms with Crippen molar-refractivity contribution in [2.45, 2.75) is 11.1 Å². The van der Waals surface area contributed by atoms with E-state index in [-0.39, 0.29) is 10.7 Å². The summed E-state index contributed by atoms with van der Waals surface area (Å²) in [6, 6.07) is 5.35. The van der Waals surface area contributed by atoms with Crippen LogP contribution in [0.1, 0.15) is 16.2 Å². The van der Waals surface area contributed by atoms with Gasteiger partial charge in [0.1, 0.15) is 22.2 Å². The van der Waals surface area contributed by atoms with E-state index >= 15 is 0 Å². The summed E-state index contributed by atoms with van der Waals surface area (Å²) in [5.74, 6) is -5.68. The van der Waals surface area contributed by atoms with Gasteiger partial charge in [-0.25, -0.2) is 31.0 Å². The monoisotopic (exact) mass is 450 g/mol. The van der Waals surface area contributed by atoms with Gasteiger partial charge in [-0.2, -0.15) is 13.2 Å². The zero-order valence-electron chi connectivity index (χ0n) is 14.3. The molecule has 14 heteroatoms. The summed E-state index contributed by atoms with van der Waals surface area (Å²) in [5.41, 5.74) is -4.34. The first-order valence-electron chi connectivity index (χ1n) is 7.72. The lowest BCUT2D eigenvalue weighted by atomic mass is 10.2. The zero-order valence-corrected chi connectivity index (χ0v) is 15.1. The lowest BCUT2D eigenvalue weighted by Crippen LogP contribution is -2.33. The average Bonchev–Trinajstić information content (AvgIpc) is 3.07. The minimum Gasteiger partial charge on any atom is -0.266 e. The highest BCUT2D eigenvalue weighted by molar-refractivity contribution is 7.90. The van der Waals surface area contributed by atoms with Crippen LogP contribution in [0.4, 0.5) is 26.3 Å². The molecule has 3 rings (SSSR count). The molecule has 7 nitrogen and oxygen atoms in total. The van der Waals surface area contributed by atoms with E-state index < -0.39 is 61.5 Å². The molecule has 0 saturated carbocycles. The lowest BCUT2D eigenvalue weighted by Gasteiger charge is -2.12. The first-order chi connectivity index (χ1) is 13.9. The Morgan fingerprint density at radius 1 is 1.00 bits per heavy atom. The number of hydrogen-bond acceptors (Lipinski definition) is 5. The van der Waals surface area contributed by atoms with Gasteiger partial charge < -0.3 is 0 Å². The number of carbonyl (C=O) groups is 1. The molecule has 3 aromatic rings. The van der Waals surface area contributed by atoms with Crippen LogP contribution in [0, 0.1) is 17.5 Å². The van der Waals surface area contributed by atoms with Crippen molar-refractivity contribution >= 4 is 15.9 Å². The number of halogens is 6. The molecule has 2 aromatic carbocycles. The van der Waals surface area contributed by atoms with E-state index in [0.29, 0.717) is 12.1 Å². The number of sulfonamides is 1. The fourth-order valence-corrected chi connectivity index (χ4v) is 3.43. The number of amides is 1. The second kappa shape index (κ2) is 7.44. The summed E-state index contributed by atoms with van der Waals surface area (Å²) in [5, 5.41) is 6.02. The summed E-state index contributed by atoms with van der Waals surface area (Å²) < 4.78 is 107. The number of benzene rings is 2. The first-order valence-corrected chi connectivity index (χ1v) is 9.20. The van der Waals surface area contributed by atoms with Gasteiger partial charge in [-0.1, -0.05) is 17.3 Å². The van der Waals surface area contributed by atoms with Gasteiger partial charge in [-0.05, 0) is 24.3 Å². The van der Waals surface area contributed by atoms with Crippen LogP contribution in [-0.2, 0) is 16.2 Å². The number of alkyl halides is 3. The van der Waals surface area contributed by atoms with E-state index in [9.17, 15) is 39.6 Å². The summed E-state index contributed by atoms with van der Waals surface area (Å²) in [7, 11) is -4.91. The zero-order chi connectivity index (χ0) is 22.3. The molecule has 1 heterocycles. The van der Waals surface area contributed by atoms with Gasteiger partial charge in [0.15, 0.2) is 17.2 Å². The highest BCUT2D eigenvalue weighted by Crippen LogP contribution is 2.33. The maximum absolute atomic E-state index is 13.9. The largest absolute Gasteiger partial charge is 0.435 e. The maximum Gasteiger partial charge on any atom is 0.435 e. The smallest absolute Gasteiger partial charge is 0.266 e. The third-order valence-electron chi connectivity index (χ3n) is 3.65. The standard InChI is InChI=1S/C16H8F6N4O3S/c17-8-5-6-11(10(19)7-8)26-14(16(20,21)22)13(23-25-26)15(27)24-30(28,29)12-4-2-1-3-9(12)18/h1-7H,(H,24,27). The van der Waals surface area contributed by atoms with Crippen molar-refractivity contribution in [3.8, 4) is 5.69 Å². The Labute approximate surface area is 164 Å². The number of hydrogen-bond donors (Lipinski definition) is 1. The number of carbonyl (C=O) groups excluding carboxylic acids is 1. The van der Waals surface area contributed by atoms with Crippen molar-refractivity contribution in [2.24, 2.45) is 0 Å². The fraction of sp³-hybridized carbons (Fsp3) is 0.0625. The third kappa shape index (κ3) is 3.98. The molecule has 0 fully saturated rings. The van der Waals surface area contributed by atoms with Gasteiger partial charge in [0.05, 0.1) is 0 Å². The molecule has 0 aliphatic rings. The minimum absolute atomic E-state index is 0.126.